The summed E-state index contributed by atoms with van der Waals surface area (Å²) in [6.45, 7) is 15.1. The topological polar surface area (TPSA) is 137 Å². The lowest BCUT2D eigenvalue weighted by Gasteiger charge is -2.20. The van der Waals surface area contributed by atoms with Crippen molar-refractivity contribution in [2.75, 3.05) is 38.8 Å². The van der Waals surface area contributed by atoms with Crippen LogP contribution in [0.5, 0.6) is 0 Å². The third-order valence-corrected chi connectivity index (χ3v) is 6.06. The van der Waals surface area contributed by atoms with E-state index in [0.29, 0.717) is 24.7 Å². The van der Waals surface area contributed by atoms with E-state index >= 15 is 0 Å². The second-order valence-electron chi connectivity index (χ2n) is 10.9. The van der Waals surface area contributed by atoms with Crippen molar-refractivity contribution in [3.8, 4) is 0 Å². The van der Waals surface area contributed by atoms with Crippen molar-refractivity contribution in [3.63, 3.8) is 0 Å². The monoisotopic (exact) mass is 630 g/mol. The number of allylic oxidation sites excluding steroid dienone is 3. The Morgan fingerprint density at radius 2 is 1.73 bits per heavy atom. The highest BCUT2D eigenvalue weighted by atomic mass is 16.4. The number of carbonyl (C=O) groups is 4. The van der Waals surface area contributed by atoms with E-state index < -0.39 is 5.97 Å². The Kier molecular flexibility index (Phi) is 26.5. The average Bonchev–Trinajstić information content (AvgIpc) is 3.83. The molecule has 2 amide bonds. The van der Waals surface area contributed by atoms with Gasteiger partial charge in [-0.25, -0.2) is 4.79 Å². The van der Waals surface area contributed by atoms with Gasteiger partial charge in [-0.1, -0.05) is 37.6 Å². The van der Waals surface area contributed by atoms with Crippen LogP contribution in [0, 0.1) is 5.92 Å². The summed E-state index contributed by atoms with van der Waals surface area (Å²) in [4.78, 5) is 44.2. The molecule has 1 unspecified atom stereocenters. The van der Waals surface area contributed by atoms with Crippen LogP contribution < -0.4 is 20.9 Å². The van der Waals surface area contributed by atoms with Gasteiger partial charge in [0.1, 0.15) is 6.29 Å². The molecule has 1 fully saturated rings. The Balaban J connectivity index is 0. The number of ether oxygens (including phenoxy) is 1. The number of carboxylic acids is 1. The maximum Gasteiger partial charge on any atom is 0.332 e. The quantitative estimate of drug-likeness (QED) is 0.0849. The molecule has 0 heterocycles. The molecule has 1 saturated carbocycles. The van der Waals surface area contributed by atoms with Gasteiger partial charge in [-0.3, -0.25) is 9.59 Å². The average molecular weight is 631 g/mol. The Bertz CT molecular complexity index is 1080. The number of aldehydes is 1. The number of rotatable bonds is 16. The van der Waals surface area contributed by atoms with Crippen LogP contribution in [-0.2, 0) is 36.8 Å². The van der Waals surface area contributed by atoms with Crippen LogP contribution in [-0.4, -0.2) is 69.6 Å². The summed E-state index contributed by atoms with van der Waals surface area (Å²) in [5.74, 6) is -0.816. The summed E-state index contributed by atoms with van der Waals surface area (Å²) < 4.78 is 4.25. The molecule has 4 N–H and O–H groups in total. The number of methoxy groups -OCH3 is 1. The summed E-state index contributed by atoms with van der Waals surface area (Å²) in [7, 11) is 3.25. The molecule has 254 valence electrons. The van der Waals surface area contributed by atoms with Crippen LogP contribution in [0.2, 0.25) is 0 Å². The first-order chi connectivity index (χ1) is 21.4. The molecular formula is C35H58N4O6. The second kappa shape index (κ2) is 27.6. The normalized spacial score (nSPS) is 12.4. The van der Waals surface area contributed by atoms with Crippen LogP contribution in [0.4, 0.5) is 5.69 Å². The van der Waals surface area contributed by atoms with Gasteiger partial charge in [-0.05, 0) is 89.3 Å². The first kappa shape index (κ1) is 43.2. The number of aryl methyl sites for hydroxylation is 1. The SMILES string of the molecule is C/C(=C\NC1CC1)C(=O)O.C/C=C/NCCc1cc(N(C=O)CCCNC(C)=O)ccc1CC.CC(C)=CC(C)C=O.COC. The number of hydrogen-bond donors (Lipinski definition) is 4. The predicted molar refractivity (Wildman–Crippen MR) is 184 cm³/mol. The van der Waals surface area contributed by atoms with E-state index in [9.17, 15) is 19.2 Å². The fraction of sp³-hybridized carbons (Fsp3) is 0.543. The zero-order valence-corrected chi connectivity index (χ0v) is 28.9. The number of amides is 2. The van der Waals surface area contributed by atoms with Crippen LogP contribution in [0.25, 0.3) is 0 Å². The third kappa shape index (κ3) is 25.1. The molecule has 10 heteroatoms. The van der Waals surface area contributed by atoms with Crippen LogP contribution >= 0.6 is 0 Å². The Hall–Kier alpha value is -3.92. The van der Waals surface area contributed by atoms with Gasteiger partial charge in [-0.2, -0.15) is 0 Å². The molecule has 0 saturated heterocycles. The van der Waals surface area contributed by atoms with Crippen molar-refractivity contribution in [2.24, 2.45) is 5.92 Å². The number of hydrogen-bond acceptors (Lipinski definition) is 7. The maximum atomic E-state index is 11.4. The van der Waals surface area contributed by atoms with Crippen molar-refractivity contribution in [1.82, 2.24) is 16.0 Å². The molecule has 2 rings (SSSR count). The molecule has 1 aliphatic carbocycles. The van der Waals surface area contributed by atoms with Gasteiger partial charge in [-0.15, -0.1) is 0 Å². The highest BCUT2D eigenvalue weighted by molar-refractivity contribution is 5.85. The number of nitrogens with zero attached hydrogens (tertiary/aromatic N) is 1. The Labute approximate surface area is 271 Å². The lowest BCUT2D eigenvalue weighted by Crippen LogP contribution is -2.28. The number of aliphatic carboxylic acids is 1. The van der Waals surface area contributed by atoms with Crippen molar-refractivity contribution < 1.29 is 29.0 Å². The minimum atomic E-state index is -0.854. The standard InChI is InChI=1S/C19H29N3O2.C7H11NO2.C7H12O.C2H6O/c1-4-10-20-12-9-18-14-19(8-7-17(18)5-2)22(15-23)13-6-11-21-16(3)24;1-5(7(9)10)4-8-6-2-3-6;1-6(2)4-7(3)5-8;1-3-2/h4,7-8,10,14-15,20H,5-6,9,11-13H2,1-3H3,(H,21,24);4,6,8H,2-3H2,1H3,(H,9,10);4-5,7H,1-3H3;1-2H3/b10-4+;5-4+;;. The molecule has 0 bridgehead atoms. The highest BCUT2D eigenvalue weighted by Gasteiger charge is 2.19. The summed E-state index contributed by atoms with van der Waals surface area (Å²) >= 11 is 0. The molecule has 0 aromatic heterocycles. The fourth-order valence-corrected chi connectivity index (χ4v) is 3.65. The van der Waals surface area contributed by atoms with Crippen molar-refractivity contribution in [3.05, 3.63) is 65.0 Å². The van der Waals surface area contributed by atoms with Gasteiger partial charge in [0.15, 0.2) is 0 Å². The molecule has 0 spiro atoms. The first-order valence-electron chi connectivity index (χ1n) is 15.5. The van der Waals surface area contributed by atoms with Gasteiger partial charge < -0.3 is 35.5 Å². The fourth-order valence-electron chi connectivity index (χ4n) is 3.65. The van der Waals surface area contributed by atoms with Gasteiger partial charge in [0.2, 0.25) is 12.3 Å². The van der Waals surface area contributed by atoms with E-state index in [4.69, 9.17) is 5.11 Å². The van der Waals surface area contributed by atoms with Crippen molar-refractivity contribution >= 4 is 30.3 Å². The minimum Gasteiger partial charge on any atom is -0.478 e. The number of carbonyl (C=O) groups excluding carboxylic acids is 3. The molecule has 1 aromatic carbocycles. The maximum absolute atomic E-state index is 11.4. The van der Waals surface area contributed by atoms with E-state index in [0.717, 1.165) is 44.2 Å². The molecule has 1 atom stereocenters. The third-order valence-electron chi connectivity index (χ3n) is 6.06. The number of nitrogens with one attached hydrogen (secondary N) is 3. The lowest BCUT2D eigenvalue weighted by atomic mass is 10.0. The molecular weight excluding hydrogens is 572 g/mol. The lowest BCUT2D eigenvalue weighted by molar-refractivity contribution is -0.132. The Morgan fingerprint density at radius 3 is 2.18 bits per heavy atom. The van der Waals surface area contributed by atoms with Crippen molar-refractivity contribution in [1.29, 1.82) is 0 Å². The molecule has 1 aliphatic rings. The second-order valence-corrected chi connectivity index (χ2v) is 10.9. The summed E-state index contributed by atoms with van der Waals surface area (Å²) in [6, 6.07) is 6.73. The van der Waals surface area contributed by atoms with Crippen molar-refractivity contribution in [2.45, 2.75) is 86.6 Å². The molecule has 0 radical (unpaired) electrons. The van der Waals surface area contributed by atoms with E-state index in [1.165, 1.54) is 36.5 Å². The predicted octanol–water partition coefficient (Wildman–Crippen LogP) is 5.18. The van der Waals surface area contributed by atoms with Gasteiger partial charge in [0.05, 0.1) is 0 Å². The minimum absolute atomic E-state index is 0.0455. The van der Waals surface area contributed by atoms with E-state index in [1.807, 2.05) is 52.1 Å². The summed E-state index contributed by atoms with van der Waals surface area (Å²) in [5, 5.41) is 17.4. The van der Waals surface area contributed by atoms with E-state index in [-0.39, 0.29) is 11.8 Å². The summed E-state index contributed by atoms with van der Waals surface area (Å²) in [5.41, 5.74) is 5.05. The number of anilines is 1. The van der Waals surface area contributed by atoms with Crippen LogP contribution in [0.1, 0.15) is 78.9 Å². The highest BCUT2D eigenvalue weighted by Crippen LogP contribution is 2.20. The first-order valence-corrected chi connectivity index (χ1v) is 15.5. The summed E-state index contributed by atoms with van der Waals surface area (Å²) in [6.07, 6.45) is 14.2. The molecule has 45 heavy (non-hydrogen) atoms. The number of carboxylic acid groups (broad SMARTS) is 1. The molecule has 10 nitrogen and oxygen atoms in total. The zero-order chi connectivity index (χ0) is 34.6. The Morgan fingerprint density at radius 1 is 1.09 bits per heavy atom. The van der Waals surface area contributed by atoms with Crippen LogP contribution in [0.3, 0.4) is 0 Å². The van der Waals surface area contributed by atoms with Gasteiger partial charge in [0, 0.05) is 70.2 Å². The largest absolute Gasteiger partial charge is 0.478 e. The van der Waals surface area contributed by atoms with Gasteiger partial charge >= 0.3 is 5.97 Å². The van der Waals surface area contributed by atoms with E-state index in [1.54, 1.807) is 32.2 Å². The smallest absolute Gasteiger partial charge is 0.332 e. The van der Waals surface area contributed by atoms with Gasteiger partial charge in [0.25, 0.3) is 0 Å². The van der Waals surface area contributed by atoms with Crippen LogP contribution in [0.15, 0.2) is 53.9 Å². The molecule has 0 aliphatic heterocycles. The zero-order valence-electron chi connectivity index (χ0n) is 28.9. The van der Waals surface area contributed by atoms with E-state index in [2.05, 4.69) is 39.7 Å². The molecule has 1 aromatic rings. The number of benzene rings is 1.